The molecule has 0 saturated heterocycles. The van der Waals surface area contributed by atoms with Crippen LogP contribution in [0.15, 0.2) is 35.8 Å². The van der Waals surface area contributed by atoms with Gasteiger partial charge in [-0.25, -0.2) is 15.0 Å². The summed E-state index contributed by atoms with van der Waals surface area (Å²) in [5, 5.41) is 7.56. The van der Waals surface area contributed by atoms with E-state index < -0.39 is 0 Å². The number of hydrogen-bond donors (Lipinski definition) is 1. The van der Waals surface area contributed by atoms with E-state index in [1.807, 2.05) is 24.0 Å². The van der Waals surface area contributed by atoms with Crippen molar-refractivity contribution in [1.82, 2.24) is 39.4 Å². The second-order valence-corrected chi connectivity index (χ2v) is 7.31. The Hall–Kier alpha value is -3.95. The van der Waals surface area contributed by atoms with Gasteiger partial charge in [0, 0.05) is 37.2 Å². The Labute approximate surface area is 170 Å². The van der Waals surface area contributed by atoms with Gasteiger partial charge in [-0.2, -0.15) is 5.10 Å². The minimum Gasteiger partial charge on any atom is -0.351 e. The van der Waals surface area contributed by atoms with Gasteiger partial charge in [-0.15, -0.1) is 0 Å². The van der Waals surface area contributed by atoms with Crippen molar-refractivity contribution in [3.8, 4) is 11.4 Å². The zero-order valence-corrected chi connectivity index (χ0v) is 16.2. The van der Waals surface area contributed by atoms with Gasteiger partial charge >= 0.3 is 0 Å². The van der Waals surface area contributed by atoms with E-state index in [1.54, 1.807) is 22.9 Å². The molecule has 10 nitrogen and oxygen atoms in total. The van der Waals surface area contributed by atoms with Crippen LogP contribution in [0, 0.1) is 6.92 Å². The number of aliphatic imine (C=N–C) groups is 1. The maximum Gasteiger partial charge on any atom is 0.272 e. The van der Waals surface area contributed by atoms with Crippen molar-refractivity contribution in [2.24, 2.45) is 4.99 Å². The molecule has 30 heavy (non-hydrogen) atoms. The van der Waals surface area contributed by atoms with E-state index in [-0.39, 0.29) is 11.6 Å². The lowest BCUT2D eigenvalue weighted by molar-refractivity contribution is 0.0949. The van der Waals surface area contributed by atoms with Gasteiger partial charge in [0.15, 0.2) is 5.69 Å². The van der Waals surface area contributed by atoms with Crippen LogP contribution in [-0.2, 0) is 13.1 Å². The number of aromatic nitrogens is 7. The number of hydrogen-bond acceptors (Lipinski definition) is 7. The van der Waals surface area contributed by atoms with E-state index in [0.29, 0.717) is 36.8 Å². The fourth-order valence-corrected chi connectivity index (χ4v) is 3.96. The monoisotopic (exact) mass is 399 g/mol. The second-order valence-electron chi connectivity index (χ2n) is 7.31. The first-order valence-electron chi connectivity index (χ1n) is 9.76. The highest BCUT2D eigenvalue weighted by Gasteiger charge is 2.27. The highest BCUT2D eigenvalue weighted by molar-refractivity contribution is 6.14. The van der Waals surface area contributed by atoms with E-state index in [4.69, 9.17) is 4.98 Å². The molecule has 148 valence electrons. The summed E-state index contributed by atoms with van der Waals surface area (Å²) in [7, 11) is 0. The quantitative estimate of drug-likeness (QED) is 0.475. The summed E-state index contributed by atoms with van der Waals surface area (Å²) >= 11 is 0. The molecule has 2 aliphatic rings. The average molecular weight is 399 g/mol. The van der Waals surface area contributed by atoms with Crippen molar-refractivity contribution < 1.29 is 4.79 Å². The minimum absolute atomic E-state index is 0.263. The number of carbonyl (C=O) groups excluding carboxylic acids is 1. The zero-order valence-electron chi connectivity index (χ0n) is 16.2. The van der Waals surface area contributed by atoms with Crippen LogP contribution in [0.4, 0.5) is 0 Å². The Morgan fingerprint density at radius 3 is 3.03 bits per heavy atom. The van der Waals surface area contributed by atoms with Crippen molar-refractivity contribution in [1.29, 1.82) is 0 Å². The van der Waals surface area contributed by atoms with Gasteiger partial charge in [0.25, 0.3) is 5.91 Å². The Bertz CT molecular complexity index is 1360. The van der Waals surface area contributed by atoms with E-state index in [2.05, 4.69) is 30.4 Å². The van der Waals surface area contributed by atoms with E-state index in [9.17, 15) is 4.79 Å². The standard InChI is InChI=1S/C20H17N9O/c1-11-12-10-28(27-11)6-2-4-21-19(30)17-18(29-7-3-5-22-20(29)26-17)14-9-23-13-8-24-15(12)16(13)25-14/h3,5,7,9-10H,2,4,6,8H2,1H3,(H,21,30). The molecule has 0 atom stereocenters. The maximum atomic E-state index is 13.0. The molecule has 6 rings (SSSR count). The van der Waals surface area contributed by atoms with Gasteiger partial charge in [-0.05, 0) is 19.4 Å². The first-order valence-corrected chi connectivity index (χ1v) is 9.76. The lowest BCUT2D eigenvalue weighted by Crippen LogP contribution is -2.26. The summed E-state index contributed by atoms with van der Waals surface area (Å²) in [4.78, 5) is 35.9. The summed E-state index contributed by atoms with van der Waals surface area (Å²) in [5.41, 5.74) is 5.58. The van der Waals surface area contributed by atoms with E-state index in [0.717, 1.165) is 34.8 Å². The summed E-state index contributed by atoms with van der Waals surface area (Å²) in [6, 6.07) is 1.80. The minimum atomic E-state index is -0.263. The van der Waals surface area contributed by atoms with Gasteiger partial charge in [-0.1, -0.05) is 0 Å². The van der Waals surface area contributed by atoms with Crippen LogP contribution in [-0.4, -0.2) is 52.3 Å². The van der Waals surface area contributed by atoms with Gasteiger partial charge in [0.05, 0.1) is 29.8 Å². The fourth-order valence-electron chi connectivity index (χ4n) is 3.96. The van der Waals surface area contributed by atoms with Gasteiger partial charge in [-0.3, -0.25) is 23.9 Å². The largest absolute Gasteiger partial charge is 0.351 e. The third-order valence-electron chi connectivity index (χ3n) is 5.37. The number of nitrogens with one attached hydrogen (secondary N) is 1. The highest BCUT2D eigenvalue weighted by Crippen LogP contribution is 2.27. The summed E-state index contributed by atoms with van der Waals surface area (Å²) in [5.74, 6) is 0.176. The number of nitrogens with zero attached hydrogens (tertiary/aromatic N) is 8. The van der Waals surface area contributed by atoms with Gasteiger partial charge in [0.2, 0.25) is 5.78 Å². The normalized spacial score (nSPS) is 15.5. The van der Waals surface area contributed by atoms with Crippen molar-refractivity contribution in [2.45, 2.75) is 26.4 Å². The molecule has 1 N–H and O–H groups in total. The lowest BCUT2D eigenvalue weighted by Gasteiger charge is -2.09. The molecule has 0 unspecified atom stereocenters. The van der Waals surface area contributed by atoms with Crippen LogP contribution in [0.1, 0.15) is 39.6 Å². The van der Waals surface area contributed by atoms with E-state index >= 15 is 0 Å². The molecular weight excluding hydrogens is 382 g/mol. The van der Waals surface area contributed by atoms with Crippen molar-refractivity contribution >= 4 is 17.4 Å². The molecule has 4 aromatic rings. The van der Waals surface area contributed by atoms with Crippen LogP contribution in [0.5, 0.6) is 0 Å². The smallest absolute Gasteiger partial charge is 0.272 e. The topological polar surface area (TPSA) is 115 Å². The summed E-state index contributed by atoms with van der Waals surface area (Å²) in [6.45, 7) is 3.64. The molecule has 4 bridgehead atoms. The Morgan fingerprint density at radius 1 is 1.17 bits per heavy atom. The maximum absolute atomic E-state index is 13.0. The van der Waals surface area contributed by atoms with Crippen LogP contribution in [0.25, 0.3) is 17.2 Å². The number of amides is 1. The SMILES string of the molecule is Cc1nn2cc1C1=NCc3ncc(nc31)-c1c(nc3ncccn13)C(=O)NCCC2. The van der Waals surface area contributed by atoms with Gasteiger partial charge < -0.3 is 5.32 Å². The first kappa shape index (κ1) is 17.0. The number of imidazole rings is 1. The lowest BCUT2D eigenvalue weighted by atomic mass is 10.1. The predicted molar refractivity (Wildman–Crippen MR) is 107 cm³/mol. The van der Waals surface area contributed by atoms with Crippen molar-refractivity contribution in [2.75, 3.05) is 6.54 Å². The Kier molecular flexibility index (Phi) is 3.55. The molecule has 4 aromatic heterocycles. The Morgan fingerprint density at radius 2 is 2.10 bits per heavy atom. The third kappa shape index (κ3) is 2.46. The van der Waals surface area contributed by atoms with Crippen LogP contribution < -0.4 is 5.32 Å². The zero-order chi connectivity index (χ0) is 20.2. The van der Waals surface area contributed by atoms with Crippen LogP contribution >= 0.6 is 0 Å². The van der Waals surface area contributed by atoms with Gasteiger partial charge in [0.1, 0.15) is 17.1 Å². The number of fused-ring (bicyclic) bond motifs is 8. The van der Waals surface area contributed by atoms with Crippen LogP contribution in [0.3, 0.4) is 0 Å². The molecule has 0 radical (unpaired) electrons. The summed E-state index contributed by atoms with van der Waals surface area (Å²) < 4.78 is 3.66. The molecule has 1 amide bonds. The molecule has 0 aliphatic carbocycles. The molecule has 2 aliphatic heterocycles. The highest BCUT2D eigenvalue weighted by atomic mass is 16.1. The average Bonchev–Trinajstić information content (AvgIpc) is 3.44. The molecule has 0 spiro atoms. The number of rotatable bonds is 0. The first-order chi connectivity index (χ1) is 14.7. The molecule has 6 heterocycles. The molecule has 0 fully saturated rings. The molecular formula is C20H17N9O. The molecule has 0 aromatic carbocycles. The third-order valence-corrected chi connectivity index (χ3v) is 5.37. The molecule has 0 saturated carbocycles. The number of carbonyl (C=O) groups is 1. The fraction of sp³-hybridized carbons (Fsp3) is 0.250. The van der Waals surface area contributed by atoms with Crippen molar-refractivity contribution in [3.63, 3.8) is 0 Å². The molecule has 10 heteroatoms. The van der Waals surface area contributed by atoms with Crippen LogP contribution in [0.2, 0.25) is 0 Å². The number of aryl methyl sites for hydroxylation is 2. The second kappa shape index (κ2) is 6.28. The van der Waals surface area contributed by atoms with Crippen molar-refractivity contribution in [3.05, 3.63) is 59.2 Å². The Balaban J connectivity index is 1.62. The van der Waals surface area contributed by atoms with E-state index in [1.165, 1.54) is 0 Å². The summed E-state index contributed by atoms with van der Waals surface area (Å²) in [6.07, 6.45) is 7.88. The predicted octanol–water partition coefficient (Wildman–Crippen LogP) is 1.18.